The van der Waals surface area contributed by atoms with Crippen LogP contribution in [0.1, 0.15) is 31.7 Å². The van der Waals surface area contributed by atoms with Crippen molar-refractivity contribution < 1.29 is 0 Å². The van der Waals surface area contributed by atoms with E-state index in [1.165, 1.54) is 24.8 Å². The van der Waals surface area contributed by atoms with Crippen LogP contribution in [0.25, 0.3) is 0 Å². The van der Waals surface area contributed by atoms with Crippen LogP contribution in [0.2, 0.25) is 0 Å². The molecule has 1 aromatic carbocycles. The lowest BCUT2D eigenvalue weighted by atomic mass is 10.1. The number of nitrogens with two attached hydrogens (primary N) is 1. The fourth-order valence-electron chi connectivity index (χ4n) is 2.36. The highest BCUT2D eigenvalue weighted by Crippen LogP contribution is 2.25. The quantitative estimate of drug-likeness (QED) is 0.835. The van der Waals surface area contributed by atoms with E-state index in [2.05, 4.69) is 34.2 Å². The van der Waals surface area contributed by atoms with Crippen molar-refractivity contribution in [2.24, 2.45) is 5.92 Å². The largest absolute Gasteiger partial charge is 0.398 e. The molecule has 0 spiro atoms. The molecular formula is C13H19BrN2. The van der Waals surface area contributed by atoms with Crippen molar-refractivity contribution >= 4 is 21.6 Å². The van der Waals surface area contributed by atoms with Crippen LogP contribution in [0.3, 0.4) is 0 Å². The summed E-state index contributed by atoms with van der Waals surface area (Å²) in [5.74, 6) is 0.882. The summed E-state index contributed by atoms with van der Waals surface area (Å²) in [5.41, 5.74) is 7.93. The number of benzene rings is 1. The molecule has 1 aliphatic carbocycles. The van der Waals surface area contributed by atoms with E-state index in [1.807, 2.05) is 12.1 Å². The third-order valence-corrected chi connectivity index (χ3v) is 4.07. The van der Waals surface area contributed by atoms with Crippen molar-refractivity contribution in [2.45, 2.75) is 38.8 Å². The van der Waals surface area contributed by atoms with Gasteiger partial charge in [-0.3, -0.25) is 0 Å². The van der Waals surface area contributed by atoms with E-state index >= 15 is 0 Å². The summed E-state index contributed by atoms with van der Waals surface area (Å²) in [6, 6.07) is 6.87. The topological polar surface area (TPSA) is 38.0 Å². The highest BCUT2D eigenvalue weighted by molar-refractivity contribution is 9.10. The molecule has 16 heavy (non-hydrogen) atoms. The molecule has 88 valence electrons. The summed E-state index contributed by atoms with van der Waals surface area (Å²) < 4.78 is 0.978. The normalized spacial score (nSPS) is 24.9. The Labute approximate surface area is 106 Å². The summed E-state index contributed by atoms with van der Waals surface area (Å²) in [6.45, 7) is 3.26. The van der Waals surface area contributed by atoms with E-state index in [-0.39, 0.29) is 0 Å². The molecule has 0 amide bonds. The van der Waals surface area contributed by atoms with Gasteiger partial charge in [0.05, 0.1) is 0 Å². The van der Waals surface area contributed by atoms with E-state index in [0.717, 1.165) is 22.6 Å². The summed E-state index contributed by atoms with van der Waals surface area (Å²) in [5, 5.41) is 3.60. The predicted octanol–water partition coefficient (Wildman–Crippen LogP) is 3.31. The molecule has 2 atom stereocenters. The zero-order valence-electron chi connectivity index (χ0n) is 9.67. The van der Waals surface area contributed by atoms with Gasteiger partial charge >= 0.3 is 0 Å². The molecule has 0 bridgehead atoms. The molecule has 0 saturated heterocycles. The molecule has 0 radical (unpaired) electrons. The van der Waals surface area contributed by atoms with Crippen molar-refractivity contribution in [2.75, 3.05) is 5.73 Å². The zero-order valence-corrected chi connectivity index (χ0v) is 11.3. The van der Waals surface area contributed by atoms with Crippen LogP contribution in [0.5, 0.6) is 0 Å². The minimum atomic E-state index is 0.694. The fraction of sp³-hybridized carbons (Fsp3) is 0.538. The maximum absolute atomic E-state index is 5.85. The first-order valence-electron chi connectivity index (χ1n) is 5.92. The van der Waals surface area contributed by atoms with Crippen LogP contribution in [0.15, 0.2) is 22.7 Å². The van der Waals surface area contributed by atoms with Gasteiger partial charge in [0, 0.05) is 22.7 Å². The average molecular weight is 283 g/mol. The molecular weight excluding hydrogens is 264 g/mol. The van der Waals surface area contributed by atoms with Gasteiger partial charge in [-0.2, -0.15) is 0 Å². The standard InChI is InChI=1S/C13H19BrN2/c1-9-2-4-11(6-9)16-8-10-3-5-12(14)13(15)7-10/h3,5,7,9,11,16H,2,4,6,8,15H2,1H3. The molecule has 2 unspecified atom stereocenters. The van der Waals surface area contributed by atoms with Gasteiger partial charge in [-0.05, 0) is 58.8 Å². The van der Waals surface area contributed by atoms with Gasteiger partial charge < -0.3 is 11.1 Å². The Kier molecular flexibility index (Phi) is 3.87. The molecule has 3 N–H and O–H groups in total. The Hall–Kier alpha value is -0.540. The number of nitrogen functional groups attached to an aromatic ring is 1. The average Bonchev–Trinajstić information content (AvgIpc) is 2.66. The Morgan fingerprint density at radius 2 is 2.25 bits per heavy atom. The van der Waals surface area contributed by atoms with Crippen molar-refractivity contribution in [3.8, 4) is 0 Å². The minimum Gasteiger partial charge on any atom is -0.398 e. The smallest absolute Gasteiger partial charge is 0.0461 e. The number of hydrogen-bond acceptors (Lipinski definition) is 2. The van der Waals surface area contributed by atoms with E-state index < -0.39 is 0 Å². The zero-order chi connectivity index (χ0) is 11.5. The number of rotatable bonds is 3. The van der Waals surface area contributed by atoms with Gasteiger partial charge in [0.15, 0.2) is 0 Å². The molecule has 0 aliphatic heterocycles. The summed E-state index contributed by atoms with van der Waals surface area (Å²) >= 11 is 3.41. The van der Waals surface area contributed by atoms with E-state index in [4.69, 9.17) is 5.73 Å². The second kappa shape index (κ2) is 5.19. The Morgan fingerprint density at radius 1 is 1.44 bits per heavy atom. The fourth-order valence-corrected chi connectivity index (χ4v) is 2.60. The predicted molar refractivity (Wildman–Crippen MR) is 72.2 cm³/mol. The van der Waals surface area contributed by atoms with Gasteiger partial charge in [0.2, 0.25) is 0 Å². The van der Waals surface area contributed by atoms with Crippen LogP contribution in [0, 0.1) is 5.92 Å². The third-order valence-electron chi connectivity index (χ3n) is 3.35. The maximum Gasteiger partial charge on any atom is 0.0461 e. The van der Waals surface area contributed by atoms with Gasteiger partial charge in [-0.15, -0.1) is 0 Å². The minimum absolute atomic E-state index is 0.694. The molecule has 2 rings (SSSR count). The van der Waals surface area contributed by atoms with Crippen LogP contribution in [-0.2, 0) is 6.54 Å². The lowest BCUT2D eigenvalue weighted by Crippen LogP contribution is -2.25. The highest BCUT2D eigenvalue weighted by atomic mass is 79.9. The van der Waals surface area contributed by atoms with Gasteiger partial charge in [-0.1, -0.05) is 13.0 Å². The van der Waals surface area contributed by atoms with Crippen LogP contribution in [-0.4, -0.2) is 6.04 Å². The molecule has 0 aromatic heterocycles. The summed E-state index contributed by atoms with van der Waals surface area (Å²) in [4.78, 5) is 0. The number of halogens is 1. The number of hydrogen-bond donors (Lipinski definition) is 2. The molecule has 0 heterocycles. The van der Waals surface area contributed by atoms with E-state index in [9.17, 15) is 0 Å². The van der Waals surface area contributed by atoms with Crippen molar-refractivity contribution in [3.05, 3.63) is 28.2 Å². The maximum atomic E-state index is 5.85. The SMILES string of the molecule is CC1CCC(NCc2ccc(Br)c(N)c2)C1. The van der Waals surface area contributed by atoms with Crippen LogP contribution < -0.4 is 11.1 Å². The van der Waals surface area contributed by atoms with Crippen LogP contribution >= 0.6 is 15.9 Å². The van der Waals surface area contributed by atoms with Gasteiger partial charge in [0.1, 0.15) is 0 Å². The van der Waals surface area contributed by atoms with E-state index in [1.54, 1.807) is 0 Å². The van der Waals surface area contributed by atoms with Crippen LogP contribution in [0.4, 0.5) is 5.69 Å². The highest BCUT2D eigenvalue weighted by Gasteiger charge is 2.20. The Balaban J connectivity index is 1.87. The lowest BCUT2D eigenvalue weighted by Gasteiger charge is -2.12. The van der Waals surface area contributed by atoms with Gasteiger partial charge in [-0.25, -0.2) is 0 Å². The number of anilines is 1. The molecule has 2 nitrogen and oxygen atoms in total. The first kappa shape index (κ1) is 11.9. The van der Waals surface area contributed by atoms with Crippen molar-refractivity contribution in [1.29, 1.82) is 0 Å². The summed E-state index contributed by atoms with van der Waals surface area (Å²) in [6.07, 6.45) is 3.99. The molecule has 1 saturated carbocycles. The monoisotopic (exact) mass is 282 g/mol. The van der Waals surface area contributed by atoms with Crippen molar-refractivity contribution in [3.63, 3.8) is 0 Å². The number of nitrogens with one attached hydrogen (secondary N) is 1. The molecule has 1 aliphatic rings. The second-order valence-corrected chi connectivity index (χ2v) is 5.71. The van der Waals surface area contributed by atoms with Gasteiger partial charge in [0.25, 0.3) is 0 Å². The molecule has 1 aromatic rings. The summed E-state index contributed by atoms with van der Waals surface area (Å²) in [7, 11) is 0. The Bertz CT molecular complexity index is 365. The first-order valence-corrected chi connectivity index (χ1v) is 6.71. The molecule has 3 heteroatoms. The lowest BCUT2D eigenvalue weighted by molar-refractivity contribution is 0.502. The Morgan fingerprint density at radius 3 is 2.88 bits per heavy atom. The third kappa shape index (κ3) is 2.98. The van der Waals surface area contributed by atoms with E-state index in [0.29, 0.717) is 6.04 Å². The molecule has 1 fully saturated rings. The first-order chi connectivity index (χ1) is 7.65. The second-order valence-electron chi connectivity index (χ2n) is 4.85. The van der Waals surface area contributed by atoms with Crippen molar-refractivity contribution in [1.82, 2.24) is 5.32 Å².